The third-order valence-electron chi connectivity index (χ3n) is 6.83. The van der Waals surface area contributed by atoms with Gasteiger partial charge in [0.1, 0.15) is 5.75 Å². The van der Waals surface area contributed by atoms with E-state index < -0.39 is 0 Å². The van der Waals surface area contributed by atoms with Crippen LogP contribution in [0.1, 0.15) is 47.9 Å². The molecule has 1 atom stereocenters. The molecule has 2 aromatic rings. The monoisotopic (exact) mass is 376 g/mol. The van der Waals surface area contributed by atoms with Gasteiger partial charge in [0.05, 0.1) is 6.61 Å². The lowest BCUT2D eigenvalue weighted by atomic mass is 9.98. The SMILES string of the molecule is c1ccc2c(c1)CCN(Cc1ccc3c(c1)CCC1CCCN1CCCO3)C2. The molecule has 0 N–H and O–H groups in total. The summed E-state index contributed by atoms with van der Waals surface area (Å²) in [4.78, 5) is 5.28. The van der Waals surface area contributed by atoms with Gasteiger partial charge in [0.25, 0.3) is 0 Å². The predicted octanol–water partition coefficient (Wildman–Crippen LogP) is 4.42. The Morgan fingerprint density at radius 3 is 2.71 bits per heavy atom. The normalized spacial score (nSPS) is 23.4. The Hall–Kier alpha value is -1.84. The van der Waals surface area contributed by atoms with Crippen molar-refractivity contribution in [2.45, 2.75) is 57.7 Å². The van der Waals surface area contributed by atoms with E-state index in [0.29, 0.717) is 0 Å². The van der Waals surface area contributed by atoms with Crippen molar-refractivity contribution >= 4 is 0 Å². The van der Waals surface area contributed by atoms with E-state index in [9.17, 15) is 0 Å². The van der Waals surface area contributed by atoms with Gasteiger partial charge in [-0.15, -0.1) is 0 Å². The number of nitrogens with zero attached hydrogens (tertiary/aromatic N) is 2. The molecule has 0 radical (unpaired) electrons. The molecule has 3 aliphatic heterocycles. The second kappa shape index (κ2) is 8.26. The van der Waals surface area contributed by atoms with Gasteiger partial charge in [-0.25, -0.2) is 0 Å². The average molecular weight is 377 g/mol. The van der Waals surface area contributed by atoms with Crippen LogP contribution in [0.15, 0.2) is 42.5 Å². The summed E-state index contributed by atoms with van der Waals surface area (Å²) in [6.07, 6.45) is 7.48. The van der Waals surface area contributed by atoms with Crippen LogP contribution in [-0.2, 0) is 25.9 Å². The predicted molar refractivity (Wildman–Crippen MR) is 114 cm³/mol. The number of ether oxygens (including phenoxy) is 1. The lowest BCUT2D eigenvalue weighted by Gasteiger charge is -2.29. The molecular formula is C25H32N2O. The van der Waals surface area contributed by atoms with E-state index in [2.05, 4.69) is 52.3 Å². The van der Waals surface area contributed by atoms with E-state index in [4.69, 9.17) is 4.74 Å². The Kier molecular flexibility index (Phi) is 5.37. The number of hydrogen-bond acceptors (Lipinski definition) is 3. The minimum absolute atomic E-state index is 0.785. The largest absolute Gasteiger partial charge is 0.493 e. The Morgan fingerprint density at radius 2 is 1.75 bits per heavy atom. The van der Waals surface area contributed by atoms with Crippen LogP contribution in [0, 0.1) is 0 Å². The van der Waals surface area contributed by atoms with Crippen LogP contribution in [0.25, 0.3) is 0 Å². The summed E-state index contributed by atoms with van der Waals surface area (Å²) in [7, 11) is 0. The van der Waals surface area contributed by atoms with Crippen molar-refractivity contribution in [1.82, 2.24) is 9.80 Å². The fourth-order valence-electron chi connectivity index (χ4n) is 5.30. The van der Waals surface area contributed by atoms with Crippen LogP contribution in [0.5, 0.6) is 5.75 Å². The fourth-order valence-corrected chi connectivity index (χ4v) is 5.30. The van der Waals surface area contributed by atoms with Gasteiger partial charge in [0.2, 0.25) is 0 Å². The van der Waals surface area contributed by atoms with Gasteiger partial charge in [-0.05, 0) is 73.4 Å². The standard InChI is InChI=1S/C25H32N2O/c1-2-6-23-19-26(15-12-21(23)5-1)18-20-8-11-25-22(17-20)9-10-24-7-3-13-27(24)14-4-16-28-25/h1-2,5-6,8,11,17,24H,3-4,7,9-10,12-16,18-19H2. The van der Waals surface area contributed by atoms with Crippen molar-refractivity contribution in [1.29, 1.82) is 0 Å². The average Bonchev–Trinajstić information content (AvgIpc) is 3.18. The van der Waals surface area contributed by atoms with Gasteiger partial charge in [-0.2, -0.15) is 0 Å². The number of fused-ring (bicyclic) bond motifs is 3. The van der Waals surface area contributed by atoms with Gasteiger partial charge in [-0.3, -0.25) is 4.90 Å². The Morgan fingerprint density at radius 1 is 0.857 bits per heavy atom. The van der Waals surface area contributed by atoms with Crippen LogP contribution in [-0.4, -0.2) is 42.1 Å². The molecule has 0 bridgehead atoms. The third-order valence-corrected chi connectivity index (χ3v) is 6.83. The highest BCUT2D eigenvalue weighted by molar-refractivity contribution is 5.38. The maximum Gasteiger partial charge on any atom is 0.122 e. The molecule has 148 valence electrons. The zero-order chi connectivity index (χ0) is 18.8. The second-order valence-electron chi connectivity index (χ2n) is 8.74. The third kappa shape index (κ3) is 3.97. The number of hydrogen-bond donors (Lipinski definition) is 0. The minimum Gasteiger partial charge on any atom is -0.493 e. The molecule has 2 aromatic carbocycles. The Bertz CT molecular complexity index is 818. The molecule has 1 fully saturated rings. The van der Waals surface area contributed by atoms with Gasteiger partial charge >= 0.3 is 0 Å². The van der Waals surface area contributed by atoms with Crippen molar-refractivity contribution in [3.8, 4) is 5.75 Å². The smallest absolute Gasteiger partial charge is 0.122 e. The van der Waals surface area contributed by atoms with Crippen molar-refractivity contribution in [3.63, 3.8) is 0 Å². The fraction of sp³-hybridized carbons (Fsp3) is 0.520. The molecule has 5 rings (SSSR count). The van der Waals surface area contributed by atoms with Crippen molar-refractivity contribution in [2.75, 3.05) is 26.2 Å². The van der Waals surface area contributed by atoms with Crippen LogP contribution >= 0.6 is 0 Å². The van der Waals surface area contributed by atoms with E-state index in [1.54, 1.807) is 0 Å². The van der Waals surface area contributed by atoms with Crippen LogP contribution in [0.2, 0.25) is 0 Å². The summed E-state index contributed by atoms with van der Waals surface area (Å²) in [6, 6.07) is 16.6. The Balaban J connectivity index is 1.30. The molecule has 1 saturated heterocycles. The summed E-state index contributed by atoms with van der Waals surface area (Å²) in [5, 5.41) is 0. The molecule has 1 unspecified atom stereocenters. The van der Waals surface area contributed by atoms with Crippen LogP contribution in [0.4, 0.5) is 0 Å². The number of benzene rings is 2. The highest BCUT2D eigenvalue weighted by Crippen LogP contribution is 2.29. The highest BCUT2D eigenvalue weighted by atomic mass is 16.5. The van der Waals surface area contributed by atoms with E-state index in [-0.39, 0.29) is 0 Å². The number of aryl methyl sites for hydroxylation is 1. The van der Waals surface area contributed by atoms with Crippen LogP contribution in [0.3, 0.4) is 0 Å². The summed E-state index contributed by atoms with van der Waals surface area (Å²) >= 11 is 0. The summed E-state index contributed by atoms with van der Waals surface area (Å²) < 4.78 is 6.16. The zero-order valence-corrected chi connectivity index (χ0v) is 16.9. The molecular weight excluding hydrogens is 344 g/mol. The van der Waals surface area contributed by atoms with Crippen LogP contribution < -0.4 is 4.74 Å². The topological polar surface area (TPSA) is 15.7 Å². The zero-order valence-electron chi connectivity index (χ0n) is 16.9. The first kappa shape index (κ1) is 18.2. The molecule has 0 aliphatic carbocycles. The van der Waals surface area contributed by atoms with Crippen molar-refractivity contribution < 1.29 is 4.74 Å². The highest BCUT2D eigenvalue weighted by Gasteiger charge is 2.25. The Labute approximate surface area is 169 Å². The lowest BCUT2D eigenvalue weighted by molar-refractivity contribution is 0.206. The molecule has 3 heteroatoms. The molecule has 3 nitrogen and oxygen atoms in total. The van der Waals surface area contributed by atoms with E-state index >= 15 is 0 Å². The van der Waals surface area contributed by atoms with Crippen molar-refractivity contribution in [2.24, 2.45) is 0 Å². The summed E-state index contributed by atoms with van der Waals surface area (Å²) in [5.74, 6) is 1.12. The lowest BCUT2D eigenvalue weighted by Crippen LogP contribution is -2.32. The molecule has 0 saturated carbocycles. The van der Waals surface area contributed by atoms with E-state index in [0.717, 1.165) is 50.9 Å². The molecule has 3 aliphatic rings. The first-order valence-electron chi connectivity index (χ1n) is 11.1. The minimum atomic E-state index is 0.785. The summed E-state index contributed by atoms with van der Waals surface area (Å²) in [6.45, 7) is 6.60. The van der Waals surface area contributed by atoms with Crippen molar-refractivity contribution in [3.05, 3.63) is 64.7 Å². The number of rotatable bonds is 2. The molecule has 0 spiro atoms. The van der Waals surface area contributed by atoms with E-state index in [1.165, 1.54) is 61.0 Å². The molecule has 0 aromatic heterocycles. The molecule has 3 heterocycles. The first-order chi connectivity index (χ1) is 13.8. The second-order valence-corrected chi connectivity index (χ2v) is 8.74. The van der Waals surface area contributed by atoms with Gasteiger partial charge in [0.15, 0.2) is 0 Å². The quantitative estimate of drug-likeness (QED) is 0.771. The maximum atomic E-state index is 6.16. The van der Waals surface area contributed by atoms with Gasteiger partial charge in [-0.1, -0.05) is 36.4 Å². The van der Waals surface area contributed by atoms with Gasteiger partial charge < -0.3 is 9.64 Å². The first-order valence-corrected chi connectivity index (χ1v) is 11.1. The molecule has 0 amide bonds. The maximum absolute atomic E-state index is 6.16. The van der Waals surface area contributed by atoms with Gasteiger partial charge in [0, 0.05) is 32.2 Å². The molecule has 28 heavy (non-hydrogen) atoms. The summed E-state index contributed by atoms with van der Waals surface area (Å²) in [5.41, 5.74) is 5.88. The van der Waals surface area contributed by atoms with E-state index in [1.807, 2.05) is 0 Å².